The second-order valence-electron chi connectivity index (χ2n) is 5.55. The molecule has 2 rings (SSSR count). The van der Waals surface area contributed by atoms with E-state index < -0.39 is 14.9 Å². The van der Waals surface area contributed by atoms with E-state index in [0.29, 0.717) is 18.2 Å². The normalized spacial score (nSPS) is 18.6. The predicted molar refractivity (Wildman–Crippen MR) is 84.1 cm³/mol. The largest absolute Gasteiger partial charge is 0.379 e. The number of sulfonamides is 1. The molecule has 0 fully saturated rings. The molecule has 0 bridgehead atoms. The van der Waals surface area contributed by atoms with Crippen molar-refractivity contribution in [1.29, 1.82) is 0 Å². The van der Waals surface area contributed by atoms with Gasteiger partial charge in [0.1, 0.15) is 5.69 Å². The standard InChI is InChI=1S/C14H19N3O4S/c1-10-2-4-11(5-3-10)9-16-13-7-6-12(22(15,20)21)8-14(13)17(18)19/h2,6-8,11,16H,3-5,9H2,1H3,(H2,15,20,21)/t11-/m1/s1. The lowest BCUT2D eigenvalue weighted by Gasteiger charge is -2.21. The lowest BCUT2D eigenvalue weighted by Crippen LogP contribution is -2.17. The molecule has 8 heteroatoms. The quantitative estimate of drug-likeness (QED) is 0.490. The molecule has 0 aliphatic heterocycles. The Morgan fingerprint density at radius 1 is 1.45 bits per heavy atom. The molecular weight excluding hydrogens is 306 g/mol. The van der Waals surface area contributed by atoms with Gasteiger partial charge in [-0.1, -0.05) is 11.6 Å². The topological polar surface area (TPSA) is 115 Å². The number of rotatable bonds is 5. The summed E-state index contributed by atoms with van der Waals surface area (Å²) in [4.78, 5) is 10.2. The van der Waals surface area contributed by atoms with Crippen LogP contribution in [0.15, 0.2) is 34.7 Å². The maximum absolute atomic E-state index is 11.3. The molecular formula is C14H19N3O4S. The molecule has 7 nitrogen and oxygen atoms in total. The Balaban J connectivity index is 2.15. The lowest BCUT2D eigenvalue weighted by molar-refractivity contribution is -0.384. The third-order valence-electron chi connectivity index (χ3n) is 3.82. The van der Waals surface area contributed by atoms with E-state index in [-0.39, 0.29) is 10.6 Å². The fourth-order valence-electron chi connectivity index (χ4n) is 2.45. The van der Waals surface area contributed by atoms with Crippen molar-refractivity contribution < 1.29 is 13.3 Å². The van der Waals surface area contributed by atoms with Crippen molar-refractivity contribution in [2.75, 3.05) is 11.9 Å². The monoisotopic (exact) mass is 325 g/mol. The summed E-state index contributed by atoms with van der Waals surface area (Å²) < 4.78 is 22.6. The van der Waals surface area contributed by atoms with Gasteiger partial charge in [-0.25, -0.2) is 13.6 Å². The fraction of sp³-hybridized carbons (Fsp3) is 0.429. The molecule has 1 aliphatic carbocycles. The van der Waals surface area contributed by atoms with Crippen LogP contribution in [0.4, 0.5) is 11.4 Å². The van der Waals surface area contributed by atoms with Gasteiger partial charge < -0.3 is 5.32 Å². The Bertz CT molecular complexity index is 713. The van der Waals surface area contributed by atoms with Crippen molar-refractivity contribution in [3.05, 3.63) is 40.0 Å². The number of nitrogens with two attached hydrogens (primary N) is 1. The molecule has 1 aromatic rings. The Morgan fingerprint density at radius 3 is 2.73 bits per heavy atom. The van der Waals surface area contributed by atoms with E-state index in [1.165, 1.54) is 17.7 Å². The van der Waals surface area contributed by atoms with Gasteiger partial charge in [-0.3, -0.25) is 10.1 Å². The number of nitrogens with zero attached hydrogens (tertiary/aromatic N) is 1. The van der Waals surface area contributed by atoms with Crippen molar-refractivity contribution in [3.63, 3.8) is 0 Å². The number of primary sulfonamides is 1. The molecule has 1 atom stereocenters. The molecule has 0 aromatic heterocycles. The van der Waals surface area contributed by atoms with E-state index in [2.05, 4.69) is 18.3 Å². The highest BCUT2D eigenvalue weighted by Gasteiger charge is 2.20. The molecule has 0 unspecified atom stereocenters. The minimum atomic E-state index is -3.96. The van der Waals surface area contributed by atoms with Crippen LogP contribution < -0.4 is 10.5 Å². The highest BCUT2D eigenvalue weighted by atomic mass is 32.2. The SMILES string of the molecule is CC1=CC[C@@H](CNc2ccc(S(N)(=O)=O)cc2[N+](=O)[O-])CC1. The zero-order valence-corrected chi connectivity index (χ0v) is 13.1. The van der Waals surface area contributed by atoms with Crippen molar-refractivity contribution in [3.8, 4) is 0 Å². The van der Waals surface area contributed by atoms with Gasteiger partial charge in [0.25, 0.3) is 5.69 Å². The molecule has 0 saturated heterocycles. The Hall–Kier alpha value is -1.93. The van der Waals surface area contributed by atoms with Crippen LogP contribution in [0.2, 0.25) is 0 Å². The predicted octanol–water partition coefficient (Wildman–Crippen LogP) is 2.40. The van der Waals surface area contributed by atoms with Crippen molar-refractivity contribution in [2.45, 2.75) is 31.1 Å². The van der Waals surface area contributed by atoms with E-state index in [1.54, 1.807) is 0 Å². The number of nitro benzene ring substituents is 1. The van der Waals surface area contributed by atoms with Gasteiger partial charge in [0.15, 0.2) is 0 Å². The minimum absolute atomic E-state index is 0.263. The van der Waals surface area contributed by atoms with Gasteiger partial charge in [0, 0.05) is 12.6 Å². The van der Waals surface area contributed by atoms with Crippen molar-refractivity contribution in [1.82, 2.24) is 0 Å². The third-order valence-corrected chi connectivity index (χ3v) is 4.73. The highest BCUT2D eigenvalue weighted by molar-refractivity contribution is 7.89. The molecule has 0 radical (unpaired) electrons. The molecule has 1 aliphatic rings. The van der Waals surface area contributed by atoms with Gasteiger partial charge in [-0.15, -0.1) is 0 Å². The maximum Gasteiger partial charge on any atom is 0.293 e. The molecule has 1 aromatic carbocycles. The number of nitro groups is 1. The summed E-state index contributed by atoms with van der Waals surface area (Å²) in [5.41, 5.74) is 1.40. The molecule has 0 heterocycles. The molecule has 0 saturated carbocycles. The lowest BCUT2D eigenvalue weighted by atomic mass is 9.90. The van der Waals surface area contributed by atoms with E-state index in [9.17, 15) is 18.5 Å². The summed E-state index contributed by atoms with van der Waals surface area (Å²) in [7, 11) is -3.96. The van der Waals surface area contributed by atoms with Crippen LogP contribution in [0.5, 0.6) is 0 Å². The maximum atomic E-state index is 11.3. The summed E-state index contributed by atoms with van der Waals surface area (Å²) in [6, 6.07) is 3.65. The summed E-state index contributed by atoms with van der Waals surface area (Å²) in [5.74, 6) is 0.418. The summed E-state index contributed by atoms with van der Waals surface area (Å²) in [6.45, 7) is 2.71. The van der Waals surface area contributed by atoms with Gasteiger partial charge >= 0.3 is 0 Å². The number of allylic oxidation sites excluding steroid dienone is 2. The zero-order chi connectivity index (χ0) is 16.3. The molecule has 22 heavy (non-hydrogen) atoms. The first kappa shape index (κ1) is 16.4. The van der Waals surface area contributed by atoms with Crippen LogP contribution >= 0.6 is 0 Å². The number of benzene rings is 1. The number of hydrogen-bond acceptors (Lipinski definition) is 5. The average molecular weight is 325 g/mol. The van der Waals surface area contributed by atoms with Gasteiger partial charge in [0.05, 0.1) is 9.82 Å². The second-order valence-corrected chi connectivity index (χ2v) is 7.11. The first-order valence-electron chi connectivity index (χ1n) is 6.98. The first-order valence-corrected chi connectivity index (χ1v) is 8.53. The van der Waals surface area contributed by atoms with Crippen LogP contribution in [0.1, 0.15) is 26.2 Å². The van der Waals surface area contributed by atoms with Crippen LogP contribution in [0.3, 0.4) is 0 Å². The zero-order valence-electron chi connectivity index (χ0n) is 12.3. The van der Waals surface area contributed by atoms with Gasteiger partial charge in [0.2, 0.25) is 10.0 Å². The highest BCUT2D eigenvalue weighted by Crippen LogP contribution is 2.29. The van der Waals surface area contributed by atoms with E-state index >= 15 is 0 Å². The Kier molecular flexibility index (Phi) is 4.82. The van der Waals surface area contributed by atoms with E-state index in [4.69, 9.17) is 5.14 Å². The van der Waals surface area contributed by atoms with Crippen molar-refractivity contribution >= 4 is 21.4 Å². The minimum Gasteiger partial charge on any atom is -0.379 e. The number of nitrogens with one attached hydrogen (secondary N) is 1. The third kappa shape index (κ3) is 4.05. The number of hydrogen-bond donors (Lipinski definition) is 2. The van der Waals surface area contributed by atoms with Crippen LogP contribution in [-0.2, 0) is 10.0 Å². The molecule has 0 amide bonds. The fourth-order valence-corrected chi connectivity index (χ4v) is 2.98. The van der Waals surface area contributed by atoms with Gasteiger partial charge in [-0.2, -0.15) is 0 Å². The Labute approximate surface area is 129 Å². The summed E-state index contributed by atoms with van der Waals surface area (Å²) in [5, 5.41) is 19.2. The molecule has 3 N–H and O–H groups in total. The first-order chi connectivity index (χ1) is 10.3. The van der Waals surface area contributed by atoms with Crippen LogP contribution in [0.25, 0.3) is 0 Å². The second kappa shape index (κ2) is 6.45. The van der Waals surface area contributed by atoms with Crippen LogP contribution in [0, 0.1) is 16.0 Å². The Morgan fingerprint density at radius 2 is 2.18 bits per heavy atom. The molecule has 120 valence electrons. The van der Waals surface area contributed by atoms with Crippen LogP contribution in [-0.4, -0.2) is 19.9 Å². The summed E-state index contributed by atoms with van der Waals surface area (Å²) >= 11 is 0. The molecule has 0 spiro atoms. The van der Waals surface area contributed by atoms with Gasteiger partial charge in [-0.05, 0) is 44.2 Å². The number of anilines is 1. The van der Waals surface area contributed by atoms with Crippen molar-refractivity contribution in [2.24, 2.45) is 11.1 Å². The summed E-state index contributed by atoms with van der Waals surface area (Å²) in [6.07, 6.45) is 5.22. The average Bonchev–Trinajstić information content (AvgIpc) is 2.45. The van der Waals surface area contributed by atoms with E-state index in [1.807, 2.05) is 0 Å². The van der Waals surface area contributed by atoms with E-state index in [0.717, 1.165) is 25.3 Å². The smallest absolute Gasteiger partial charge is 0.293 e.